The van der Waals surface area contributed by atoms with Crippen molar-refractivity contribution in [2.75, 3.05) is 5.43 Å². The zero-order chi connectivity index (χ0) is 18.5. The molecule has 1 heterocycles. The van der Waals surface area contributed by atoms with Crippen molar-refractivity contribution < 1.29 is 9.13 Å². The standard InChI is InChI=1S/C18H14Cl2FN3OS/c1-11-10-26-18(23-11)24-22-8-13-6-14(19)3-5-17(13)25-9-12-2-4-15(21)7-16(12)20/h2-8,10H,9H2,1H3,(H,23,24). The number of ether oxygens (including phenoxy) is 1. The lowest BCUT2D eigenvalue weighted by atomic mass is 10.2. The number of hydrogen-bond donors (Lipinski definition) is 1. The van der Waals surface area contributed by atoms with E-state index in [1.807, 2.05) is 12.3 Å². The highest BCUT2D eigenvalue weighted by molar-refractivity contribution is 7.13. The molecule has 0 unspecified atom stereocenters. The molecule has 0 bridgehead atoms. The van der Waals surface area contributed by atoms with Crippen molar-refractivity contribution >= 4 is 45.9 Å². The molecule has 0 atom stereocenters. The van der Waals surface area contributed by atoms with Crippen LogP contribution in [0, 0.1) is 12.7 Å². The fraction of sp³-hybridized carbons (Fsp3) is 0.111. The van der Waals surface area contributed by atoms with Gasteiger partial charge in [0, 0.05) is 21.5 Å². The normalized spacial score (nSPS) is 11.1. The molecule has 0 saturated heterocycles. The Morgan fingerprint density at radius 1 is 1.27 bits per heavy atom. The largest absolute Gasteiger partial charge is 0.488 e. The van der Waals surface area contributed by atoms with Gasteiger partial charge in [0.2, 0.25) is 5.13 Å². The number of rotatable bonds is 6. The molecule has 0 saturated carbocycles. The van der Waals surface area contributed by atoms with Gasteiger partial charge in [-0.05, 0) is 37.3 Å². The summed E-state index contributed by atoms with van der Waals surface area (Å²) in [4.78, 5) is 4.27. The summed E-state index contributed by atoms with van der Waals surface area (Å²) in [7, 11) is 0. The van der Waals surface area contributed by atoms with Crippen molar-refractivity contribution in [3.05, 3.63) is 74.5 Å². The van der Waals surface area contributed by atoms with E-state index < -0.39 is 0 Å². The lowest BCUT2D eigenvalue weighted by Gasteiger charge is -2.10. The van der Waals surface area contributed by atoms with Gasteiger partial charge in [0.25, 0.3) is 0 Å². The summed E-state index contributed by atoms with van der Waals surface area (Å²) in [6.45, 7) is 2.11. The highest BCUT2D eigenvalue weighted by atomic mass is 35.5. The molecule has 4 nitrogen and oxygen atoms in total. The molecule has 0 aliphatic rings. The Morgan fingerprint density at radius 2 is 2.12 bits per heavy atom. The lowest BCUT2D eigenvalue weighted by molar-refractivity contribution is 0.305. The Balaban J connectivity index is 1.72. The summed E-state index contributed by atoms with van der Waals surface area (Å²) in [5.74, 6) is 0.192. The topological polar surface area (TPSA) is 46.5 Å². The molecule has 1 aromatic heterocycles. The molecule has 0 aliphatic heterocycles. The van der Waals surface area contributed by atoms with E-state index in [-0.39, 0.29) is 12.4 Å². The van der Waals surface area contributed by atoms with Crippen molar-refractivity contribution in [1.82, 2.24) is 4.98 Å². The molecule has 3 aromatic rings. The van der Waals surface area contributed by atoms with Crippen LogP contribution in [0.2, 0.25) is 10.0 Å². The van der Waals surface area contributed by atoms with Gasteiger partial charge < -0.3 is 4.74 Å². The monoisotopic (exact) mass is 409 g/mol. The van der Waals surface area contributed by atoms with Crippen LogP contribution in [0.15, 0.2) is 46.9 Å². The number of hydrazone groups is 1. The van der Waals surface area contributed by atoms with E-state index in [9.17, 15) is 4.39 Å². The number of anilines is 1. The summed E-state index contributed by atoms with van der Waals surface area (Å²) in [6, 6.07) is 9.39. The fourth-order valence-corrected chi connectivity index (χ4v) is 3.15. The Labute approximate surface area is 164 Å². The molecule has 0 radical (unpaired) electrons. The molecule has 0 amide bonds. The minimum Gasteiger partial charge on any atom is -0.488 e. The van der Waals surface area contributed by atoms with Gasteiger partial charge in [-0.1, -0.05) is 29.3 Å². The maximum absolute atomic E-state index is 13.1. The smallest absolute Gasteiger partial charge is 0.203 e. The van der Waals surface area contributed by atoms with Gasteiger partial charge in [0.1, 0.15) is 18.2 Å². The minimum absolute atomic E-state index is 0.195. The third-order valence-corrected chi connectivity index (χ3v) is 4.80. The van der Waals surface area contributed by atoms with Crippen molar-refractivity contribution in [2.24, 2.45) is 5.10 Å². The number of hydrogen-bond acceptors (Lipinski definition) is 5. The Kier molecular flexibility index (Phi) is 6.08. The van der Waals surface area contributed by atoms with E-state index >= 15 is 0 Å². The van der Waals surface area contributed by atoms with Gasteiger partial charge in [-0.15, -0.1) is 11.3 Å². The quantitative estimate of drug-likeness (QED) is 0.405. The van der Waals surface area contributed by atoms with E-state index in [4.69, 9.17) is 27.9 Å². The number of aromatic nitrogens is 1. The summed E-state index contributed by atoms with van der Waals surface area (Å²) < 4.78 is 18.9. The Bertz CT molecular complexity index is 946. The third-order valence-electron chi connectivity index (χ3n) is 3.35. The second-order valence-electron chi connectivity index (χ2n) is 5.37. The number of nitrogens with zero attached hydrogens (tertiary/aromatic N) is 2. The summed E-state index contributed by atoms with van der Waals surface area (Å²) in [5.41, 5.74) is 5.17. The van der Waals surface area contributed by atoms with Crippen LogP contribution in [0.1, 0.15) is 16.8 Å². The molecule has 134 valence electrons. The van der Waals surface area contributed by atoms with Gasteiger partial charge >= 0.3 is 0 Å². The summed E-state index contributed by atoms with van der Waals surface area (Å²) >= 11 is 13.6. The molecule has 0 spiro atoms. The molecule has 26 heavy (non-hydrogen) atoms. The number of aryl methyl sites for hydroxylation is 1. The van der Waals surface area contributed by atoms with E-state index in [1.165, 1.54) is 23.5 Å². The summed E-state index contributed by atoms with van der Waals surface area (Å²) in [6.07, 6.45) is 1.60. The molecule has 3 rings (SSSR count). The van der Waals surface area contributed by atoms with E-state index in [0.29, 0.717) is 32.1 Å². The van der Waals surface area contributed by atoms with E-state index in [0.717, 1.165) is 5.69 Å². The van der Waals surface area contributed by atoms with E-state index in [2.05, 4.69) is 15.5 Å². The predicted octanol–water partition coefficient (Wildman–Crippen LogP) is 5.92. The van der Waals surface area contributed by atoms with Crippen molar-refractivity contribution in [3.63, 3.8) is 0 Å². The third kappa shape index (κ3) is 4.94. The first-order valence-corrected chi connectivity index (χ1v) is 9.22. The van der Waals surface area contributed by atoms with Crippen molar-refractivity contribution in [1.29, 1.82) is 0 Å². The number of thiazole rings is 1. The first-order chi connectivity index (χ1) is 12.5. The average molecular weight is 410 g/mol. The van der Waals surface area contributed by atoms with Crippen LogP contribution in [-0.2, 0) is 6.61 Å². The van der Waals surface area contributed by atoms with Gasteiger partial charge in [-0.2, -0.15) is 5.10 Å². The van der Waals surface area contributed by atoms with Crippen molar-refractivity contribution in [2.45, 2.75) is 13.5 Å². The summed E-state index contributed by atoms with van der Waals surface area (Å²) in [5, 5.41) is 7.67. The van der Waals surface area contributed by atoms with Gasteiger partial charge in [-0.3, -0.25) is 5.43 Å². The number of halogens is 3. The lowest BCUT2D eigenvalue weighted by Crippen LogP contribution is -2.00. The van der Waals surface area contributed by atoms with Crippen LogP contribution in [0.5, 0.6) is 5.75 Å². The number of nitrogens with one attached hydrogen (secondary N) is 1. The SMILES string of the molecule is Cc1csc(NN=Cc2cc(Cl)ccc2OCc2ccc(F)cc2Cl)n1. The van der Waals surface area contributed by atoms with Crippen LogP contribution in [0.4, 0.5) is 9.52 Å². The van der Waals surface area contributed by atoms with Crippen LogP contribution in [0.25, 0.3) is 0 Å². The Hall–Kier alpha value is -2.15. The maximum atomic E-state index is 13.1. The molecule has 0 aliphatic carbocycles. The van der Waals surface area contributed by atoms with Crippen LogP contribution in [0.3, 0.4) is 0 Å². The molecule has 2 aromatic carbocycles. The molecule has 1 N–H and O–H groups in total. The minimum atomic E-state index is -0.387. The van der Waals surface area contributed by atoms with E-state index in [1.54, 1.807) is 30.5 Å². The van der Waals surface area contributed by atoms with Gasteiger partial charge in [-0.25, -0.2) is 9.37 Å². The second-order valence-corrected chi connectivity index (χ2v) is 7.07. The number of benzene rings is 2. The van der Waals surface area contributed by atoms with Gasteiger partial charge in [0.15, 0.2) is 0 Å². The van der Waals surface area contributed by atoms with Crippen LogP contribution in [-0.4, -0.2) is 11.2 Å². The van der Waals surface area contributed by atoms with Crippen LogP contribution < -0.4 is 10.2 Å². The molecule has 0 fully saturated rings. The first-order valence-electron chi connectivity index (χ1n) is 7.59. The van der Waals surface area contributed by atoms with Crippen molar-refractivity contribution in [3.8, 4) is 5.75 Å². The Morgan fingerprint density at radius 3 is 2.85 bits per heavy atom. The zero-order valence-corrected chi connectivity index (χ0v) is 16.0. The maximum Gasteiger partial charge on any atom is 0.203 e. The highest BCUT2D eigenvalue weighted by Crippen LogP contribution is 2.25. The highest BCUT2D eigenvalue weighted by Gasteiger charge is 2.07. The molecule has 8 heteroatoms. The fourth-order valence-electron chi connectivity index (χ4n) is 2.11. The average Bonchev–Trinajstić information content (AvgIpc) is 3.01. The first kappa shape index (κ1) is 18.6. The molecular weight excluding hydrogens is 396 g/mol. The predicted molar refractivity (Wildman–Crippen MR) is 105 cm³/mol. The molecular formula is C18H14Cl2FN3OS. The zero-order valence-electron chi connectivity index (χ0n) is 13.7. The van der Waals surface area contributed by atoms with Gasteiger partial charge in [0.05, 0.1) is 16.9 Å². The second kappa shape index (κ2) is 8.49. The van der Waals surface area contributed by atoms with Crippen LogP contribution >= 0.6 is 34.5 Å².